The van der Waals surface area contributed by atoms with Gasteiger partial charge in [-0.2, -0.15) is 0 Å². The highest BCUT2D eigenvalue weighted by Crippen LogP contribution is 2.31. The lowest BCUT2D eigenvalue weighted by molar-refractivity contribution is -0.142. The number of carboxylic acid groups (broad SMARTS) is 2. The minimum Gasteiger partial charge on any atom is -0.481 e. The number of nitrogen functional groups attached to an aromatic ring is 1. The van der Waals surface area contributed by atoms with Crippen molar-refractivity contribution in [3.8, 4) is 0 Å². The summed E-state index contributed by atoms with van der Waals surface area (Å²) in [6.45, 7) is 1.12. The third kappa shape index (κ3) is 3.66. The maximum absolute atomic E-state index is 11.1. The van der Waals surface area contributed by atoms with Crippen molar-refractivity contribution in [3.05, 3.63) is 36.2 Å². The lowest BCUT2D eigenvalue weighted by Gasteiger charge is -2.31. The van der Waals surface area contributed by atoms with Crippen LogP contribution in [0.25, 0.3) is 0 Å². The Bertz CT molecular complexity index is 816. The summed E-state index contributed by atoms with van der Waals surface area (Å²) in [7, 11) is 0. The van der Waals surface area contributed by atoms with Crippen molar-refractivity contribution in [3.63, 3.8) is 0 Å². The number of aromatic carboxylic acids is 1. The number of aliphatic carboxylic acids is 1. The van der Waals surface area contributed by atoms with E-state index in [1.54, 1.807) is 12.1 Å². The number of nitrogens with two attached hydrogens (primary N) is 1. The van der Waals surface area contributed by atoms with Crippen LogP contribution in [0.15, 0.2) is 30.6 Å². The van der Waals surface area contributed by atoms with Gasteiger partial charge in [0, 0.05) is 18.8 Å². The van der Waals surface area contributed by atoms with Crippen LogP contribution >= 0.6 is 0 Å². The summed E-state index contributed by atoms with van der Waals surface area (Å²) in [5.41, 5.74) is 7.40. The molecule has 0 aliphatic carbocycles. The Labute approximate surface area is 149 Å². The first-order valence-electron chi connectivity index (χ1n) is 8.14. The second kappa shape index (κ2) is 7.26. The molecular formula is C17H19N5O4. The molecule has 0 unspecified atom stereocenters. The topological polar surface area (TPSA) is 142 Å². The van der Waals surface area contributed by atoms with Gasteiger partial charge in [-0.25, -0.2) is 14.8 Å². The molecule has 1 fully saturated rings. The number of anilines is 4. The van der Waals surface area contributed by atoms with E-state index in [0.29, 0.717) is 48.9 Å². The number of nitrogens with one attached hydrogen (secondary N) is 1. The minimum absolute atomic E-state index is 0.188. The molecule has 136 valence electrons. The quantitative estimate of drug-likeness (QED) is 0.630. The summed E-state index contributed by atoms with van der Waals surface area (Å²) in [5.74, 6) is -1.12. The van der Waals surface area contributed by atoms with Crippen molar-refractivity contribution in [1.82, 2.24) is 9.97 Å². The lowest BCUT2D eigenvalue weighted by atomic mass is 9.97. The summed E-state index contributed by atoms with van der Waals surface area (Å²) in [5, 5.41) is 21.1. The molecule has 5 N–H and O–H groups in total. The molecule has 3 rings (SSSR count). The summed E-state index contributed by atoms with van der Waals surface area (Å²) >= 11 is 0. The zero-order valence-electron chi connectivity index (χ0n) is 13.9. The minimum atomic E-state index is -0.995. The zero-order chi connectivity index (χ0) is 18.7. The van der Waals surface area contributed by atoms with Gasteiger partial charge in [0.05, 0.1) is 11.5 Å². The highest BCUT2D eigenvalue weighted by Gasteiger charge is 2.26. The third-order valence-corrected chi connectivity index (χ3v) is 4.40. The molecule has 1 aliphatic heterocycles. The molecular weight excluding hydrogens is 338 g/mol. The van der Waals surface area contributed by atoms with Crippen LogP contribution in [0, 0.1) is 5.92 Å². The predicted octanol–water partition coefficient (Wildman–Crippen LogP) is 1.80. The van der Waals surface area contributed by atoms with Crippen LogP contribution in [0.2, 0.25) is 0 Å². The Morgan fingerprint density at radius 3 is 2.35 bits per heavy atom. The summed E-state index contributed by atoms with van der Waals surface area (Å²) < 4.78 is 0. The fourth-order valence-electron chi connectivity index (χ4n) is 2.91. The average molecular weight is 357 g/mol. The van der Waals surface area contributed by atoms with Crippen molar-refractivity contribution in [1.29, 1.82) is 0 Å². The van der Waals surface area contributed by atoms with E-state index in [0.717, 1.165) is 0 Å². The normalized spacial score (nSPS) is 14.8. The lowest BCUT2D eigenvalue weighted by Crippen LogP contribution is -2.37. The first-order chi connectivity index (χ1) is 12.5. The maximum atomic E-state index is 11.1. The van der Waals surface area contributed by atoms with Crippen LogP contribution in [0.1, 0.15) is 23.2 Å². The van der Waals surface area contributed by atoms with E-state index in [1.807, 2.05) is 4.90 Å². The second-order valence-electron chi connectivity index (χ2n) is 6.07. The molecule has 0 spiro atoms. The highest BCUT2D eigenvalue weighted by atomic mass is 16.4. The van der Waals surface area contributed by atoms with Gasteiger partial charge in [0.2, 0.25) is 0 Å². The number of carbonyl (C=O) groups is 2. The number of hydrogen-bond donors (Lipinski definition) is 4. The molecule has 0 radical (unpaired) electrons. The largest absolute Gasteiger partial charge is 0.481 e. The number of aromatic nitrogens is 2. The van der Waals surface area contributed by atoms with Gasteiger partial charge in [-0.15, -0.1) is 0 Å². The molecule has 1 aromatic carbocycles. The van der Waals surface area contributed by atoms with E-state index in [-0.39, 0.29) is 11.5 Å². The molecule has 1 aliphatic rings. The van der Waals surface area contributed by atoms with E-state index in [9.17, 15) is 9.59 Å². The molecule has 2 heterocycles. The van der Waals surface area contributed by atoms with Gasteiger partial charge >= 0.3 is 11.9 Å². The van der Waals surface area contributed by atoms with Gasteiger partial charge < -0.3 is 26.2 Å². The molecule has 0 atom stereocenters. The molecule has 1 saturated heterocycles. The number of benzene rings is 1. The Kier molecular flexibility index (Phi) is 4.87. The Balaban J connectivity index is 1.75. The second-order valence-corrected chi connectivity index (χ2v) is 6.07. The van der Waals surface area contributed by atoms with Crippen LogP contribution in [0.3, 0.4) is 0 Å². The predicted molar refractivity (Wildman–Crippen MR) is 95.7 cm³/mol. The number of hydrogen-bond acceptors (Lipinski definition) is 7. The van der Waals surface area contributed by atoms with Crippen LogP contribution in [-0.4, -0.2) is 45.2 Å². The molecule has 0 saturated carbocycles. The maximum Gasteiger partial charge on any atom is 0.335 e. The molecule has 0 amide bonds. The van der Waals surface area contributed by atoms with Crippen molar-refractivity contribution >= 4 is 34.9 Å². The Morgan fingerprint density at radius 1 is 1.12 bits per heavy atom. The number of carboxylic acids is 2. The molecule has 9 heteroatoms. The Hall–Kier alpha value is -3.36. The van der Waals surface area contributed by atoms with Gasteiger partial charge in [-0.05, 0) is 37.1 Å². The van der Waals surface area contributed by atoms with E-state index in [4.69, 9.17) is 15.9 Å². The van der Waals surface area contributed by atoms with Crippen LogP contribution in [0.5, 0.6) is 0 Å². The van der Waals surface area contributed by atoms with Gasteiger partial charge in [-0.1, -0.05) is 0 Å². The average Bonchev–Trinajstić information content (AvgIpc) is 2.64. The van der Waals surface area contributed by atoms with Gasteiger partial charge in [0.25, 0.3) is 0 Å². The Morgan fingerprint density at radius 2 is 1.77 bits per heavy atom. The summed E-state index contributed by atoms with van der Waals surface area (Å²) in [4.78, 5) is 32.3. The van der Waals surface area contributed by atoms with Crippen LogP contribution in [-0.2, 0) is 4.79 Å². The first kappa shape index (κ1) is 17.5. The standard InChI is InChI=1S/C17H19N5O4/c18-13-14(21-12-3-1-10(2-4-12)16(23)24)19-9-20-15(13)22-7-5-11(6-8-22)17(25)26/h1-4,9,11H,5-8,18H2,(H,23,24)(H,25,26)(H,19,20,21). The van der Waals surface area contributed by atoms with E-state index in [2.05, 4.69) is 15.3 Å². The van der Waals surface area contributed by atoms with Crippen LogP contribution in [0.4, 0.5) is 23.0 Å². The molecule has 9 nitrogen and oxygen atoms in total. The van der Waals surface area contributed by atoms with Gasteiger partial charge in [0.15, 0.2) is 11.6 Å². The van der Waals surface area contributed by atoms with Gasteiger partial charge in [-0.3, -0.25) is 4.79 Å². The number of nitrogens with zero attached hydrogens (tertiary/aromatic N) is 3. The molecule has 2 aromatic rings. The fraction of sp³-hybridized carbons (Fsp3) is 0.294. The van der Waals surface area contributed by atoms with Crippen molar-refractivity contribution in [2.24, 2.45) is 5.92 Å². The summed E-state index contributed by atoms with van der Waals surface area (Å²) in [6.07, 6.45) is 2.47. The van der Waals surface area contributed by atoms with E-state index < -0.39 is 11.9 Å². The van der Waals surface area contributed by atoms with Crippen molar-refractivity contribution in [2.75, 3.05) is 29.0 Å². The number of piperidine rings is 1. The SMILES string of the molecule is Nc1c(Nc2ccc(C(=O)O)cc2)ncnc1N1CCC(C(=O)O)CC1. The summed E-state index contributed by atoms with van der Waals surface area (Å²) in [6, 6.07) is 6.23. The molecule has 26 heavy (non-hydrogen) atoms. The highest BCUT2D eigenvalue weighted by molar-refractivity contribution is 5.88. The third-order valence-electron chi connectivity index (χ3n) is 4.40. The van der Waals surface area contributed by atoms with E-state index in [1.165, 1.54) is 18.5 Å². The van der Waals surface area contributed by atoms with E-state index >= 15 is 0 Å². The van der Waals surface area contributed by atoms with Crippen molar-refractivity contribution < 1.29 is 19.8 Å². The van der Waals surface area contributed by atoms with Gasteiger partial charge in [0.1, 0.15) is 12.0 Å². The molecule has 1 aromatic heterocycles. The number of rotatable bonds is 5. The zero-order valence-corrected chi connectivity index (χ0v) is 13.9. The van der Waals surface area contributed by atoms with Crippen molar-refractivity contribution in [2.45, 2.75) is 12.8 Å². The first-order valence-corrected chi connectivity index (χ1v) is 8.14. The molecule has 0 bridgehead atoms. The monoisotopic (exact) mass is 357 g/mol. The fourth-order valence-corrected chi connectivity index (χ4v) is 2.91. The smallest absolute Gasteiger partial charge is 0.335 e. The van der Waals surface area contributed by atoms with Crippen LogP contribution < -0.4 is 16.0 Å².